The molecule has 0 aliphatic carbocycles. The number of hydrogen-bond donors (Lipinski definition) is 0. The van der Waals surface area contributed by atoms with Crippen LogP contribution in [0.4, 0.5) is 0 Å². The van der Waals surface area contributed by atoms with Gasteiger partial charge in [-0.25, -0.2) is 0 Å². The van der Waals surface area contributed by atoms with Gasteiger partial charge in [0.1, 0.15) is 22.7 Å². The Balaban J connectivity index is 1.50. The van der Waals surface area contributed by atoms with Crippen molar-refractivity contribution in [2.45, 2.75) is 19.5 Å². The third-order valence-electron chi connectivity index (χ3n) is 9.04. The topological polar surface area (TPSA) is 21.9 Å². The molecule has 4 nitrogen and oxygen atoms in total. The predicted octanol–water partition coefficient (Wildman–Crippen LogP) is 7.36. The van der Waals surface area contributed by atoms with Gasteiger partial charge in [0.2, 0.25) is 5.69 Å². The Morgan fingerprint density at radius 2 is 1.29 bits per heavy atom. The molecule has 0 saturated heterocycles. The number of pyridine rings is 1. The van der Waals surface area contributed by atoms with Gasteiger partial charge in [-0.1, -0.05) is 72.8 Å². The summed E-state index contributed by atoms with van der Waals surface area (Å²) in [6.45, 7) is 4.55. The number of rotatable bonds is 2. The lowest BCUT2D eigenvalue weighted by atomic mass is 9.85. The fourth-order valence-electron chi connectivity index (χ4n) is 7.53. The average Bonchev–Trinajstić information content (AvgIpc) is 3.48. The van der Waals surface area contributed by atoms with Crippen LogP contribution in [0.15, 0.2) is 128 Å². The summed E-state index contributed by atoms with van der Waals surface area (Å²) in [5.41, 5.74) is 7.74. The van der Waals surface area contributed by atoms with Gasteiger partial charge in [0, 0.05) is 24.6 Å². The molecule has 9 rings (SSSR count). The molecular weight excluding hydrogens is 502 g/mol. The summed E-state index contributed by atoms with van der Waals surface area (Å²) in [7, 11) is 0. The molecule has 194 valence electrons. The zero-order valence-electron chi connectivity index (χ0n) is 22.9. The van der Waals surface area contributed by atoms with E-state index in [4.69, 9.17) is 4.74 Å². The Morgan fingerprint density at radius 3 is 2.05 bits per heavy atom. The molecule has 0 amide bonds. The Bertz CT molecular complexity index is 2160. The molecule has 2 aromatic heterocycles. The van der Waals surface area contributed by atoms with E-state index in [1.807, 2.05) is 0 Å². The van der Waals surface area contributed by atoms with E-state index in [9.17, 15) is 0 Å². The Kier molecular flexibility index (Phi) is 4.36. The molecule has 2 aliphatic heterocycles. The van der Waals surface area contributed by atoms with E-state index < -0.39 is 5.66 Å². The van der Waals surface area contributed by atoms with Crippen molar-refractivity contribution in [3.8, 4) is 28.3 Å². The third-order valence-corrected chi connectivity index (χ3v) is 9.04. The lowest BCUT2D eigenvalue weighted by Gasteiger charge is -2.27. The summed E-state index contributed by atoms with van der Waals surface area (Å²) in [4.78, 5) is 0. The molecule has 41 heavy (non-hydrogen) atoms. The fraction of sp³-hybridized carbons (Fsp3) is 0.0811. The summed E-state index contributed by atoms with van der Waals surface area (Å²) in [5.74, 6) is 1.77. The van der Waals surface area contributed by atoms with Crippen LogP contribution in [0.5, 0.6) is 11.5 Å². The van der Waals surface area contributed by atoms with Crippen LogP contribution < -0.4 is 14.0 Å². The first-order chi connectivity index (χ1) is 20.2. The number of aromatic nitrogens is 3. The summed E-state index contributed by atoms with van der Waals surface area (Å²) >= 11 is 0. The number of fused-ring (bicyclic) bond motifs is 7. The molecule has 0 radical (unpaired) electrons. The molecule has 0 fully saturated rings. The molecule has 0 saturated carbocycles. The zero-order valence-corrected chi connectivity index (χ0v) is 22.9. The predicted molar refractivity (Wildman–Crippen MR) is 161 cm³/mol. The molecule has 1 unspecified atom stereocenters. The summed E-state index contributed by atoms with van der Waals surface area (Å²) < 4.78 is 13.9. The smallest absolute Gasteiger partial charge is 0.446 e. The van der Waals surface area contributed by atoms with Gasteiger partial charge in [-0.2, -0.15) is 0 Å². The second-order valence-electron chi connectivity index (χ2n) is 11.1. The molecule has 1 atom stereocenters. The average molecular weight is 530 g/mol. The number of hydrogen-bond acceptors (Lipinski definition) is 1. The van der Waals surface area contributed by atoms with Crippen molar-refractivity contribution in [1.29, 1.82) is 0 Å². The van der Waals surface area contributed by atoms with Crippen molar-refractivity contribution in [1.82, 2.24) is 4.68 Å². The van der Waals surface area contributed by atoms with Gasteiger partial charge in [-0.15, -0.1) is 9.25 Å². The summed E-state index contributed by atoms with van der Waals surface area (Å²) in [5, 5.41) is 5.04. The molecule has 5 aromatic carbocycles. The maximum Gasteiger partial charge on any atom is 0.446 e. The van der Waals surface area contributed by atoms with E-state index in [-0.39, 0.29) is 0 Å². The van der Waals surface area contributed by atoms with Gasteiger partial charge in [-0.05, 0) is 63.5 Å². The van der Waals surface area contributed by atoms with Crippen LogP contribution in [0.2, 0.25) is 0 Å². The lowest BCUT2D eigenvalue weighted by Crippen LogP contribution is -2.75. The first kappa shape index (κ1) is 22.6. The summed E-state index contributed by atoms with van der Waals surface area (Å²) in [6.07, 6.45) is 4.36. The van der Waals surface area contributed by atoms with Crippen LogP contribution in [0, 0.1) is 13.8 Å². The van der Waals surface area contributed by atoms with E-state index in [2.05, 4.69) is 155 Å². The Hall–Kier alpha value is -5.22. The highest BCUT2D eigenvalue weighted by Gasteiger charge is 2.68. The fourth-order valence-corrected chi connectivity index (χ4v) is 7.53. The van der Waals surface area contributed by atoms with Crippen LogP contribution in [-0.4, -0.2) is 4.68 Å². The highest BCUT2D eigenvalue weighted by Crippen LogP contribution is 2.52. The van der Waals surface area contributed by atoms with Gasteiger partial charge in [0.25, 0.3) is 0 Å². The Morgan fingerprint density at radius 1 is 0.634 bits per heavy atom. The molecule has 0 spiro atoms. The second kappa shape index (κ2) is 7.92. The van der Waals surface area contributed by atoms with E-state index in [0.29, 0.717) is 0 Å². The van der Waals surface area contributed by atoms with Gasteiger partial charge < -0.3 is 4.74 Å². The van der Waals surface area contributed by atoms with Gasteiger partial charge in [0.05, 0.1) is 11.3 Å². The summed E-state index contributed by atoms with van der Waals surface area (Å²) in [6, 6.07) is 41.1. The number of ether oxygens (including phenoxy) is 1. The highest BCUT2D eigenvalue weighted by molar-refractivity contribution is 6.13. The van der Waals surface area contributed by atoms with Crippen LogP contribution in [0.25, 0.3) is 38.4 Å². The van der Waals surface area contributed by atoms with E-state index >= 15 is 0 Å². The van der Waals surface area contributed by atoms with Gasteiger partial charge in [-0.3, -0.25) is 0 Å². The van der Waals surface area contributed by atoms with Gasteiger partial charge >= 0.3 is 5.66 Å². The third kappa shape index (κ3) is 2.69. The van der Waals surface area contributed by atoms with Crippen LogP contribution in [0.3, 0.4) is 0 Å². The number of nitrogens with zero attached hydrogens (tertiary/aromatic N) is 3. The molecule has 0 N–H and O–H groups in total. The molecule has 0 bridgehead atoms. The SMILES string of the molecule is Cc1c(-c2c3ccccc3cc3ccccc23)c(C)[n+]2n1-c1cccc3c1C2([n+]1ccccc1)c1ccccc1O3. The van der Waals surface area contributed by atoms with E-state index in [1.165, 1.54) is 44.1 Å². The Labute approximate surface area is 237 Å². The molecule has 7 aromatic rings. The maximum atomic E-state index is 6.59. The second-order valence-corrected chi connectivity index (χ2v) is 11.1. The van der Waals surface area contributed by atoms with E-state index in [0.717, 1.165) is 28.3 Å². The molecule has 4 heteroatoms. The standard InChI is InChI=1S/C37H27N3O/c1-24-34(35-28-15-6-4-13-26(28)23-27-14-5-7-16-29(27)35)25(2)40-37(38-21-10-3-11-22-38)30-17-8-9-19-32(30)41-33-20-12-18-31(36(33)37)39(24)40/h3-23H,1-2H3/q+2. The minimum atomic E-state index is -0.657. The van der Waals surface area contributed by atoms with Crippen molar-refractivity contribution in [2.75, 3.05) is 0 Å². The minimum absolute atomic E-state index is 0.657. The first-order valence-electron chi connectivity index (χ1n) is 14.1. The van der Waals surface area contributed by atoms with Crippen molar-refractivity contribution >= 4 is 21.5 Å². The van der Waals surface area contributed by atoms with Crippen molar-refractivity contribution < 1.29 is 14.0 Å². The zero-order chi connectivity index (χ0) is 27.3. The lowest BCUT2D eigenvalue weighted by molar-refractivity contribution is -0.997. The maximum absolute atomic E-state index is 6.59. The first-order valence-corrected chi connectivity index (χ1v) is 14.1. The normalized spacial score (nSPS) is 16.3. The van der Waals surface area contributed by atoms with Crippen molar-refractivity contribution in [3.05, 3.63) is 150 Å². The van der Waals surface area contributed by atoms with Crippen LogP contribution in [0.1, 0.15) is 22.5 Å². The van der Waals surface area contributed by atoms with Crippen LogP contribution >= 0.6 is 0 Å². The minimum Gasteiger partial charge on any atom is -0.455 e. The monoisotopic (exact) mass is 529 g/mol. The van der Waals surface area contributed by atoms with Crippen molar-refractivity contribution in [2.24, 2.45) is 0 Å². The van der Waals surface area contributed by atoms with E-state index in [1.54, 1.807) is 0 Å². The van der Waals surface area contributed by atoms with Crippen molar-refractivity contribution in [3.63, 3.8) is 0 Å². The largest absolute Gasteiger partial charge is 0.455 e. The molecule has 4 heterocycles. The molecule has 2 aliphatic rings. The highest BCUT2D eigenvalue weighted by atomic mass is 16.5. The molecular formula is C37H27N3O+2. The van der Waals surface area contributed by atoms with Gasteiger partial charge in [0.15, 0.2) is 18.0 Å². The number of para-hydroxylation sites is 1. The van der Waals surface area contributed by atoms with Crippen LogP contribution in [-0.2, 0) is 5.66 Å². The quantitative estimate of drug-likeness (QED) is 0.169. The number of benzene rings is 5.